The minimum Gasteiger partial charge on any atom is -0.330 e. The molecule has 2 N–H and O–H groups in total. The van der Waals surface area contributed by atoms with E-state index in [-0.39, 0.29) is 0 Å². The van der Waals surface area contributed by atoms with Crippen LogP contribution in [-0.2, 0) is 0 Å². The Kier molecular flexibility index (Phi) is 6.51. The fourth-order valence-corrected chi connectivity index (χ4v) is 1.17. The molecule has 0 amide bonds. The second-order valence-corrected chi connectivity index (χ2v) is 2.66. The number of rotatable bonds is 6. The highest BCUT2D eigenvalue weighted by molar-refractivity contribution is 4.50. The maximum Gasteiger partial charge on any atom is 0.0142 e. The van der Waals surface area contributed by atoms with Crippen LogP contribution in [-0.4, -0.2) is 43.2 Å². The maximum atomic E-state index is 5.41. The lowest BCUT2D eigenvalue weighted by molar-refractivity contribution is 0.00961. The highest BCUT2D eigenvalue weighted by Gasteiger charge is 2.04. The molecule has 0 aromatic carbocycles. The first-order chi connectivity index (χ1) is 5.26. The summed E-state index contributed by atoms with van der Waals surface area (Å²) in [5.41, 5.74) is 5.41. The second-order valence-electron chi connectivity index (χ2n) is 2.66. The molecule has 0 radical (unpaired) electrons. The molecule has 3 heteroatoms. The molecule has 68 valence electrons. The Bertz CT molecular complexity index is 81.4. The maximum absolute atomic E-state index is 5.41. The third kappa shape index (κ3) is 4.35. The van der Waals surface area contributed by atoms with E-state index in [0.717, 1.165) is 32.6 Å². The summed E-state index contributed by atoms with van der Waals surface area (Å²) in [6.45, 7) is 8.35. The molecule has 0 fully saturated rings. The molecule has 0 aromatic rings. The van der Waals surface area contributed by atoms with Gasteiger partial charge in [0.1, 0.15) is 0 Å². The van der Waals surface area contributed by atoms with Gasteiger partial charge in [-0.25, -0.2) is 10.0 Å². The summed E-state index contributed by atoms with van der Waals surface area (Å²) >= 11 is 0. The van der Waals surface area contributed by atoms with E-state index in [4.69, 9.17) is 5.73 Å². The van der Waals surface area contributed by atoms with Gasteiger partial charge in [0.15, 0.2) is 0 Å². The fraction of sp³-hybridized carbons (Fsp3) is 1.00. The van der Waals surface area contributed by atoms with Crippen LogP contribution < -0.4 is 5.73 Å². The van der Waals surface area contributed by atoms with Crippen molar-refractivity contribution in [2.75, 3.05) is 33.2 Å². The zero-order chi connectivity index (χ0) is 8.69. The number of nitrogens with two attached hydrogens (primary N) is 1. The average molecular weight is 159 g/mol. The van der Waals surface area contributed by atoms with Crippen LogP contribution in [0.5, 0.6) is 0 Å². The van der Waals surface area contributed by atoms with E-state index in [9.17, 15) is 0 Å². The summed E-state index contributed by atoms with van der Waals surface area (Å²) in [4.78, 5) is 0. The van der Waals surface area contributed by atoms with Crippen LogP contribution in [0.2, 0.25) is 0 Å². The molecule has 0 aromatic heterocycles. The van der Waals surface area contributed by atoms with Gasteiger partial charge in [-0.3, -0.25) is 0 Å². The summed E-state index contributed by atoms with van der Waals surface area (Å²) in [6, 6.07) is 0. The van der Waals surface area contributed by atoms with Crippen LogP contribution in [0.25, 0.3) is 0 Å². The Morgan fingerprint density at radius 3 is 2.09 bits per heavy atom. The largest absolute Gasteiger partial charge is 0.330 e. The minimum atomic E-state index is 0.783. The van der Waals surface area contributed by atoms with Crippen molar-refractivity contribution >= 4 is 0 Å². The molecule has 0 aliphatic rings. The summed E-state index contributed by atoms with van der Waals surface area (Å²) in [6.07, 6.45) is 1.08. The average Bonchev–Trinajstić information content (AvgIpc) is 2.03. The molecule has 3 nitrogen and oxygen atoms in total. The SMILES string of the molecule is CCN(CC)N(C)CCCN. The van der Waals surface area contributed by atoms with Crippen molar-refractivity contribution in [2.45, 2.75) is 20.3 Å². The Morgan fingerprint density at radius 1 is 1.18 bits per heavy atom. The first kappa shape index (κ1) is 10.9. The highest BCUT2D eigenvalue weighted by Crippen LogP contribution is 1.94. The van der Waals surface area contributed by atoms with E-state index < -0.39 is 0 Å². The normalized spacial score (nSPS) is 11.5. The molecule has 11 heavy (non-hydrogen) atoms. The van der Waals surface area contributed by atoms with Crippen molar-refractivity contribution in [2.24, 2.45) is 5.73 Å². The van der Waals surface area contributed by atoms with Crippen LogP contribution in [0.3, 0.4) is 0 Å². The van der Waals surface area contributed by atoms with Gasteiger partial charge in [0.25, 0.3) is 0 Å². The molecule has 0 spiro atoms. The van der Waals surface area contributed by atoms with Crippen LogP contribution in [0, 0.1) is 0 Å². The fourth-order valence-electron chi connectivity index (χ4n) is 1.17. The Labute approximate surface area is 70.1 Å². The predicted octanol–water partition coefficient (Wildman–Crippen LogP) is 0.524. The quantitative estimate of drug-likeness (QED) is 0.574. The lowest BCUT2D eigenvalue weighted by Crippen LogP contribution is -2.40. The Morgan fingerprint density at radius 2 is 1.73 bits per heavy atom. The Balaban J connectivity index is 3.51. The molecule has 0 rings (SSSR count). The zero-order valence-electron chi connectivity index (χ0n) is 8.01. The lowest BCUT2D eigenvalue weighted by atomic mass is 10.4. The third-order valence-electron chi connectivity index (χ3n) is 1.90. The van der Waals surface area contributed by atoms with Crippen LogP contribution in [0.1, 0.15) is 20.3 Å². The van der Waals surface area contributed by atoms with Gasteiger partial charge < -0.3 is 5.73 Å². The highest BCUT2D eigenvalue weighted by atomic mass is 15.6. The van der Waals surface area contributed by atoms with Gasteiger partial charge in [-0.15, -0.1) is 0 Å². The van der Waals surface area contributed by atoms with E-state index in [2.05, 4.69) is 30.9 Å². The first-order valence-corrected chi connectivity index (χ1v) is 4.42. The van der Waals surface area contributed by atoms with Gasteiger partial charge in [0, 0.05) is 26.7 Å². The number of hydrazine groups is 1. The topological polar surface area (TPSA) is 32.5 Å². The molecule has 0 unspecified atom stereocenters. The van der Waals surface area contributed by atoms with Crippen molar-refractivity contribution in [3.8, 4) is 0 Å². The molecule has 0 aliphatic heterocycles. The molecular formula is C8H21N3. The third-order valence-corrected chi connectivity index (χ3v) is 1.90. The van der Waals surface area contributed by atoms with E-state index in [1.165, 1.54) is 0 Å². The number of hydrogen-bond donors (Lipinski definition) is 1. The van der Waals surface area contributed by atoms with E-state index >= 15 is 0 Å². The molecular weight excluding hydrogens is 138 g/mol. The smallest absolute Gasteiger partial charge is 0.0142 e. The van der Waals surface area contributed by atoms with Crippen LogP contribution >= 0.6 is 0 Å². The minimum absolute atomic E-state index is 0.783. The Hall–Kier alpha value is -0.120. The molecule has 0 aliphatic carbocycles. The van der Waals surface area contributed by atoms with Gasteiger partial charge in [-0.05, 0) is 13.0 Å². The van der Waals surface area contributed by atoms with Crippen molar-refractivity contribution in [3.05, 3.63) is 0 Å². The first-order valence-electron chi connectivity index (χ1n) is 4.42. The lowest BCUT2D eigenvalue weighted by Gasteiger charge is -2.29. The van der Waals surface area contributed by atoms with Crippen LogP contribution in [0.4, 0.5) is 0 Å². The zero-order valence-corrected chi connectivity index (χ0v) is 8.01. The summed E-state index contributed by atoms with van der Waals surface area (Å²) < 4.78 is 0. The van der Waals surface area contributed by atoms with Gasteiger partial charge >= 0.3 is 0 Å². The number of hydrogen-bond acceptors (Lipinski definition) is 3. The predicted molar refractivity (Wildman–Crippen MR) is 49.2 cm³/mol. The van der Waals surface area contributed by atoms with Gasteiger partial charge in [-0.2, -0.15) is 0 Å². The van der Waals surface area contributed by atoms with E-state index in [0.29, 0.717) is 0 Å². The van der Waals surface area contributed by atoms with Crippen molar-refractivity contribution in [1.29, 1.82) is 0 Å². The van der Waals surface area contributed by atoms with Crippen LogP contribution in [0.15, 0.2) is 0 Å². The molecule has 0 atom stereocenters. The molecule has 0 heterocycles. The molecule has 0 bridgehead atoms. The van der Waals surface area contributed by atoms with Gasteiger partial charge in [-0.1, -0.05) is 13.8 Å². The van der Waals surface area contributed by atoms with Gasteiger partial charge in [0.05, 0.1) is 0 Å². The van der Waals surface area contributed by atoms with Gasteiger partial charge in [0.2, 0.25) is 0 Å². The molecule has 0 saturated heterocycles. The van der Waals surface area contributed by atoms with Crippen molar-refractivity contribution in [3.63, 3.8) is 0 Å². The van der Waals surface area contributed by atoms with E-state index in [1.54, 1.807) is 0 Å². The second kappa shape index (κ2) is 6.58. The summed E-state index contributed by atoms with van der Waals surface area (Å²) in [7, 11) is 2.11. The number of nitrogens with zero attached hydrogens (tertiary/aromatic N) is 2. The summed E-state index contributed by atoms with van der Waals surface area (Å²) in [5.74, 6) is 0. The summed E-state index contributed by atoms with van der Waals surface area (Å²) in [5, 5.41) is 4.54. The monoisotopic (exact) mass is 159 g/mol. The van der Waals surface area contributed by atoms with Crippen molar-refractivity contribution in [1.82, 2.24) is 10.0 Å². The molecule has 0 saturated carbocycles. The standard InChI is InChI=1S/C8H21N3/c1-4-11(5-2)10(3)8-6-7-9/h4-9H2,1-3H3. The van der Waals surface area contributed by atoms with E-state index in [1.807, 2.05) is 0 Å². The van der Waals surface area contributed by atoms with Crippen molar-refractivity contribution < 1.29 is 0 Å².